The van der Waals surface area contributed by atoms with Crippen LogP contribution in [0.15, 0.2) is 52.5 Å². The first-order valence-corrected chi connectivity index (χ1v) is 11.8. The van der Waals surface area contributed by atoms with E-state index >= 15 is 0 Å². The summed E-state index contributed by atoms with van der Waals surface area (Å²) < 4.78 is 29.1. The average molecular weight is 438 g/mol. The Balaban J connectivity index is 1.70. The third-order valence-corrected chi connectivity index (χ3v) is 7.84. The van der Waals surface area contributed by atoms with Gasteiger partial charge in [-0.15, -0.1) is 0 Å². The molecule has 31 heavy (non-hydrogen) atoms. The van der Waals surface area contributed by atoms with Crippen molar-refractivity contribution in [3.63, 3.8) is 0 Å². The molecular weight excluding hydrogens is 414 g/mol. The average Bonchev–Trinajstić information content (AvgIpc) is 3.38. The van der Waals surface area contributed by atoms with Gasteiger partial charge in [0.2, 0.25) is 16.2 Å². The number of fused-ring (bicyclic) bond motifs is 3. The van der Waals surface area contributed by atoms with Crippen molar-refractivity contribution in [3.05, 3.63) is 48.4 Å². The molecule has 8 nitrogen and oxygen atoms in total. The van der Waals surface area contributed by atoms with Crippen LogP contribution in [-0.2, 0) is 14.6 Å². The van der Waals surface area contributed by atoms with Crippen molar-refractivity contribution in [2.75, 3.05) is 0 Å². The molecule has 0 unspecified atom stereocenters. The van der Waals surface area contributed by atoms with Gasteiger partial charge < -0.3 is 14.9 Å². The van der Waals surface area contributed by atoms with Crippen LogP contribution in [0, 0.1) is 6.92 Å². The van der Waals surface area contributed by atoms with Crippen LogP contribution < -0.4 is 5.32 Å². The highest BCUT2D eigenvalue weighted by atomic mass is 32.2. The first kappa shape index (κ1) is 19.7. The topological polar surface area (TPSA) is 110 Å². The van der Waals surface area contributed by atoms with E-state index in [4.69, 9.17) is 4.98 Å². The van der Waals surface area contributed by atoms with Crippen LogP contribution in [0.1, 0.15) is 37.5 Å². The van der Waals surface area contributed by atoms with Crippen molar-refractivity contribution in [2.45, 2.75) is 54.6 Å². The molecular formula is C22H23N5O3S. The maximum absolute atomic E-state index is 13.5. The summed E-state index contributed by atoms with van der Waals surface area (Å²) in [7, 11) is -3.84. The van der Waals surface area contributed by atoms with Gasteiger partial charge in [0.25, 0.3) is 0 Å². The fourth-order valence-corrected chi connectivity index (χ4v) is 6.04. The first-order chi connectivity index (χ1) is 15.0. The Labute approximate surface area is 179 Å². The molecule has 3 aromatic heterocycles. The Morgan fingerprint density at radius 1 is 1.10 bits per heavy atom. The Kier molecular flexibility index (Phi) is 4.77. The SMILES string of the molecule is Cc1nc2c(S(=O)(=O)c3ccccc3)nc3[nH]ccc3c2n1C1CCC(NC=O)CC1. The summed E-state index contributed by atoms with van der Waals surface area (Å²) in [4.78, 5) is 23.2. The summed E-state index contributed by atoms with van der Waals surface area (Å²) in [5, 5.41) is 3.71. The van der Waals surface area contributed by atoms with Crippen molar-refractivity contribution in [3.8, 4) is 0 Å². The molecule has 1 fully saturated rings. The minimum Gasteiger partial charge on any atom is -0.356 e. The number of amides is 1. The van der Waals surface area contributed by atoms with Gasteiger partial charge in [0, 0.05) is 23.7 Å². The molecule has 0 bridgehead atoms. The number of nitrogens with one attached hydrogen (secondary N) is 2. The zero-order valence-electron chi connectivity index (χ0n) is 17.1. The third kappa shape index (κ3) is 3.20. The number of H-pyrrole nitrogens is 1. The van der Waals surface area contributed by atoms with E-state index < -0.39 is 9.84 Å². The monoisotopic (exact) mass is 437 g/mol. The molecule has 5 rings (SSSR count). The predicted molar refractivity (Wildman–Crippen MR) is 117 cm³/mol. The molecule has 0 atom stereocenters. The largest absolute Gasteiger partial charge is 0.356 e. The number of rotatable bonds is 5. The van der Waals surface area contributed by atoms with E-state index in [1.54, 1.807) is 36.5 Å². The van der Waals surface area contributed by atoms with Gasteiger partial charge in [-0.1, -0.05) is 18.2 Å². The molecule has 2 N–H and O–H groups in total. The van der Waals surface area contributed by atoms with Gasteiger partial charge in [-0.25, -0.2) is 18.4 Å². The maximum Gasteiger partial charge on any atom is 0.226 e. The fraction of sp³-hybridized carbons (Fsp3) is 0.318. The molecule has 1 aromatic carbocycles. The van der Waals surface area contributed by atoms with E-state index in [2.05, 4.69) is 19.9 Å². The van der Waals surface area contributed by atoms with Gasteiger partial charge in [-0.2, -0.15) is 0 Å². The summed E-state index contributed by atoms with van der Waals surface area (Å²) in [5.74, 6) is 0.766. The number of nitrogens with zero attached hydrogens (tertiary/aromatic N) is 3. The summed E-state index contributed by atoms with van der Waals surface area (Å²) >= 11 is 0. The lowest BCUT2D eigenvalue weighted by Gasteiger charge is -2.30. The minimum atomic E-state index is -3.84. The molecule has 0 spiro atoms. The van der Waals surface area contributed by atoms with Crippen LogP contribution in [0.2, 0.25) is 0 Å². The first-order valence-electron chi connectivity index (χ1n) is 10.4. The predicted octanol–water partition coefficient (Wildman–Crippen LogP) is 3.28. The van der Waals surface area contributed by atoms with Crippen LogP contribution >= 0.6 is 0 Å². The second-order valence-electron chi connectivity index (χ2n) is 7.99. The number of aromatic nitrogens is 4. The summed E-state index contributed by atoms with van der Waals surface area (Å²) in [6, 6.07) is 10.6. The van der Waals surface area contributed by atoms with Gasteiger partial charge >= 0.3 is 0 Å². The number of carbonyl (C=O) groups excluding carboxylic acids is 1. The molecule has 1 aliphatic rings. The molecule has 0 saturated heterocycles. The van der Waals surface area contributed by atoms with Gasteiger partial charge in [0.1, 0.15) is 17.0 Å². The van der Waals surface area contributed by atoms with Gasteiger partial charge in [0.15, 0.2) is 5.03 Å². The van der Waals surface area contributed by atoms with Crippen molar-refractivity contribution in [1.82, 2.24) is 24.8 Å². The van der Waals surface area contributed by atoms with Crippen LogP contribution in [0.3, 0.4) is 0 Å². The Bertz CT molecular complexity index is 1370. The highest BCUT2D eigenvalue weighted by Crippen LogP contribution is 2.37. The van der Waals surface area contributed by atoms with Crippen molar-refractivity contribution >= 4 is 38.3 Å². The second-order valence-corrected chi connectivity index (χ2v) is 9.85. The minimum absolute atomic E-state index is 0.0261. The fourth-order valence-electron chi connectivity index (χ4n) is 4.69. The highest BCUT2D eigenvalue weighted by Gasteiger charge is 2.30. The lowest BCUT2D eigenvalue weighted by atomic mass is 9.91. The van der Waals surface area contributed by atoms with Gasteiger partial charge in [-0.05, 0) is 50.8 Å². The van der Waals surface area contributed by atoms with Crippen LogP contribution in [0.5, 0.6) is 0 Å². The molecule has 3 heterocycles. The number of carbonyl (C=O) groups is 1. The smallest absolute Gasteiger partial charge is 0.226 e. The molecule has 160 valence electrons. The van der Waals surface area contributed by atoms with Crippen LogP contribution in [0.4, 0.5) is 0 Å². The van der Waals surface area contributed by atoms with E-state index in [0.29, 0.717) is 11.2 Å². The molecule has 1 aliphatic carbocycles. The normalized spacial score (nSPS) is 19.6. The molecule has 1 amide bonds. The number of imidazole rings is 1. The number of aromatic amines is 1. The standard InChI is InChI=1S/C22H23N5O3S/c1-14-25-19-20(27(14)16-9-7-15(8-10-16)24-13-28)18-11-12-23-21(18)26-22(19)31(29,30)17-5-3-2-4-6-17/h2-6,11-13,15-16H,7-10H2,1H3,(H,23,26)(H,24,28). The van der Waals surface area contributed by atoms with E-state index in [-0.39, 0.29) is 22.0 Å². The third-order valence-electron chi connectivity index (χ3n) is 6.16. The molecule has 4 aromatic rings. The van der Waals surface area contributed by atoms with Crippen molar-refractivity contribution in [1.29, 1.82) is 0 Å². The molecule has 9 heteroatoms. The Hall–Kier alpha value is -3.20. The number of sulfone groups is 1. The van der Waals surface area contributed by atoms with Gasteiger partial charge in [0.05, 0.1) is 10.4 Å². The summed E-state index contributed by atoms with van der Waals surface area (Å²) in [6.45, 7) is 1.91. The maximum atomic E-state index is 13.5. The van der Waals surface area contributed by atoms with Crippen molar-refractivity contribution < 1.29 is 13.2 Å². The summed E-state index contributed by atoms with van der Waals surface area (Å²) in [6.07, 6.45) is 6.05. The molecule has 0 aliphatic heterocycles. The zero-order chi connectivity index (χ0) is 21.6. The number of hydrogen-bond acceptors (Lipinski definition) is 5. The molecule has 0 radical (unpaired) electrons. The Morgan fingerprint density at radius 3 is 2.55 bits per heavy atom. The number of pyridine rings is 1. The molecule has 1 saturated carbocycles. The summed E-state index contributed by atoms with van der Waals surface area (Å²) in [5.41, 5.74) is 1.73. The quantitative estimate of drug-likeness (QED) is 0.466. The van der Waals surface area contributed by atoms with E-state index in [1.165, 1.54) is 0 Å². The van der Waals surface area contributed by atoms with Crippen LogP contribution in [-0.4, -0.2) is 40.4 Å². The van der Waals surface area contributed by atoms with Crippen molar-refractivity contribution in [2.24, 2.45) is 0 Å². The Morgan fingerprint density at radius 2 is 1.84 bits per heavy atom. The second kappa shape index (κ2) is 7.49. The number of hydrogen-bond donors (Lipinski definition) is 2. The lowest BCUT2D eigenvalue weighted by Crippen LogP contribution is -2.33. The highest BCUT2D eigenvalue weighted by molar-refractivity contribution is 7.91. The van der Waals surface area contributed by atoms with E-state index in [0.717, 1.165) is 48.8 Å². The zero-order valence-corrected chi connectivity index (χ0v) is 17.9. The number of benzene rings is 1. The van der Waals surface area contributed by atoms with Crippen LogP contribution in [0.25, 0.3) is 22.1 Å². The van der Waals surface area contributed by atoms with E-state index in [1.807, 2.05) is 13.0 Å². The number of aryl methyl sites for hydroxylation is 1. The lowest BCUT2D eigenvalue weighted by molar-refractivity contribution is -0.110. The van der Waals surface area contributed by atoms with Gasteiger partial charge in [-0.3, -0.25) is 4.79 Å². The van der Waals surface area contributed by atoms with E-state index in [9.17, 15) is 13.2 Å².